The van der Waals surface area contributed by atoms with E-state index in [1.807, 2.05) is 0 Å². The Labute approximate surface area is 110 Å². The van der Waals surface area contributed by atoms with Crippen LogP contribution in [0.1, 0.15) is 45.4 Å². The van der Waals surface area contributed by atoms with Crippen molar-refractivity contribution in [3.05, 3.63) is 0 Å². The van der Waals surface area contributed by atoms with E-state index in [1.165, 1.54) is 32.1 Å². The average Bonchev–Trinajstić information content (AvgIpc) is 3.19. The number of hydrogen-bond acceptors (Lipinski definition) is 3. The van der Waals surface area contributed by atoms with Crippen LogP contribution in [0.2, 0.25) is 0 Å². The summed E-state index contributed by atoms with van der Waals surface area (Å²) in [6.45, 7) is 3.94. The van der Waals surface area contributed by atoms with E-state index < -0.39 is 0 Å². The average molecular weight is 253 g/mol. The SMILES string of the molecule is CC(CNC(=O)C1CCCCCN1)N(C)C1CC1. The first kappa shape index (κ1) is 13.8. The summed E-state index contributed by atoms with van der Waals surface area (Å²) in [7, 11) is 2.17. The van der Waals surface area contributed by atoms with Gasteiger partial charge < -0.3 is 10.6 Å². The third-order valence-corrected chi connectivity index (χ3v) is 4.27. The molecule has 4 nitrogen and oxygen atoms in total. The Morgan fingerprint density at radius 3 is 2.83 bits per heavy atom. The van der Waals surface area contributed by atoms with Crippen LogP contribution in [0.3, 0.4) is 0 Å². The van der Waals surface area contributed by atoms with Crippen LogP contribution < -0.4 is 10.6 Å². The molecule has 1 aliphatic carbocycles. The largest absolute Gasteiger partial charge is 0.353 e. The molecular weight excluding hydrogens is 226 g/mol. The molecule has 0 aromatic heterocycles. The van der Waals surface area contributed by atoms with Crippen LogP contribution >= 0.6 is 0 Å². The Morgan fingerprint density at radius 1 is 1.33 bits per heavy atom. The van der Waals surface area contributed by atoms with Crippen LogP contribution in [0.15, 0.2) is 0 Å². The predicted molar refractivity (Wildman–Crippen MR) is 73.5 cm³/mol. The summed E-state index contributed by atoms with van der Waals surface area (Å²) in [6.07, 6.45) is 7.24. The lowest BCUT2D eigenvalue weighted by Crippen LogP contribution is -2.48. The lowest BCUT2D eigenvalue weighted by molar-refractivity contribution is -0.123. The van der Waals surface area contributed by atoms with Gasteiger partial charge in [-0.3, -0.25) is 9.69 Å². The smallest absolute Gasteiger partial charge is 0.237 e. The summed E-state index contributed by atoms with van der Waals surface area (Å²) in [5.74, 6) is 0.188. The van der Waals surface area contributed by atoms with Crippen molar-refractivity contribution in [1.29, 1.82) is 0 Å². The first-order valence-electron chi connectivity index (χ1n) is 7.41. The van der Waals surface area contributed by atoms with Crippen molar-refractivity contribution in [3.63, 3.8) is 0 Å². The maximum absolute atomic E-state index is 12.1. The van der Waals surface area contributed by atoms with Crippen LogP contribution in [-0.4, -0.2) is 49.1 Å². The summed E-state index contributed by atoms with van der Waals surface area (Å²) < 4.78 is 0. The molecule has 2 atom stereocenters. The number of rotatable bonds is 5. The normalized spacial score (nSPS) is 26.7. The highest BCUT2D eigenvalue weighted by Crippen LogP contribution is 2.26. The molecule has 0 spiro atoms. The topological polar surface area (TPSA) is 44.4 Å². The van der Waals surface area contributed by atoms with Crippen molar-refractivity contribution in [2.45, 2.75) is 63.6 Å². The Balaban J connectivity index is 1.69. The van der Waals surface area contributed by atoms with Gasteiger partial charge in [0.1, 0.15) is 0 Å². The lowest BCUT2D eigenvalue weighted by Gasteiger charge is -2.25. The van der Waals surface area contributed by atoms with Gasteiger partial charge in [0.05, 0.1) is 6.04 Å². The number of carbonyl (C=O) groups is 1. The molecule has 4 heteroatoms. The summed E-state index contributed by atoms with van der Waals surface area (Å²) in [5, 5.41) is 6.44. The summed E-state index contributed by atoms with van der Waals surface area (Å²) in [6, 6.07) is 1.23. The Bertz CT molecular complexity index is 270. The minimum Gasteiger partial charge on any atom is -0.353 e. The maximum atomic E-state index is 12.1. The van der Waals surface area contributed by atoms with Gasteiger partial charge in [-0.2, -0.15) is 0 Å². The van der Waals surface area contributed by atoms with E-state index in [0.29, 0.717) is 6.04 Å². The molecule has 1 saturated carbocycles. The van der Waals surface area contributed by atoms with Crippen LogP contribution in [-0.2, 0) is 4.79 Å². The highest BCUT2D eigenvalue weighted by molar-refractivity contribution is 5.81. The molecule has 1 amide bonds. The van der Waals surface area contributed by atoms with E-state index in [4.69, 9.17) is 0 Å². The quantitative estimate of drug-likeness (QED) is 0.771. The number of carbonyl (C=O) groups excluding carboxylic acids is 1. The minimum atomic E-state index is 0.0333. The van der Waals surface area contributed by atoms with Crippen LogP contribution in [0.4, 0.5) is 0 Å². The monoisotopic (exact) mass is 253 g/mol. The zero-order valence-electron chi connectivity index (χ0n) is 11.7. The van der Waals surface area contributed by atoms with E-state index in [2.05, 4.69) is 29.5 Å². The van der Waals surface area contributed by atoms with E-state index in [1.54, 1.807) is 0 Å². The first-order valence-corrected chi connectivity index (χ1v) is 7.41. The molecule has 1 aliphatic heterocycles. The van der Waals surface area contributed by atoms with Crippen molar-refractivity contribution in [2.75, 3.05) is 20.1 Å². The molecule has 18 heavy (non-hydrogen) atoms. The second kappa shape index (κ2) is 6.53. The third kappa shape index (κ3) is 3.95. The Morgan fingerprint density at radius 2 is 2.11 bits per heavy atom. The van der Waals surface area contributed by atoms with Crippen molar-refractivity contribution in [1.82, 2.24) is 15.5 Å². The Hall–Kier alpha value is -0.610. The van der Waals surface area contributed by atoms with Gasteiger partial charge in [-0.1, -0.05) is 12.8 Å². The lowest BCUT2D eigenvalue weighted by atomic mass is 10.1. The highest BCUT2D eigenvalue weighted by atomic mass is 16.2. The summed E-state index contributed by atoms with van der Waals surface area (Å²) in [4.78, 5) is 14.5. The van der Waals surface area contributed by atoms with Gasteiger partial charge >= 0.3 is 0 Å². The van der Waals surface area contributed by atoms with Crippen LogP contribution in [0.5, 0.6) is 0 Å². The molecule has 1 saturated heterocycles. The van der Waals surface area contributed by atoms with Gasteiger partial charge in [0.25, 0.3) is 0 Å². The van der Waals surface area contributed by atoms with Crippen molar-refractivity contribution in [2.24, 2.45) is 0 Å². The number of nitrogens with zero attached hydrogens (tertiary/aromatic N) is 1. The Kier molecular flexibility index (Phi) is 5.01. The molecule has 0 bridgehead atoms. The van der Waals surface area contributed by atoms with Crippen LogP contribution in [0.25, 0.3) is 0 Å². The zero-order valence-corrected chi connectivity index (χ0v) is 11.7. The van der Waals surface area contributed by atoms with Crippen molar-refractivity contribution >= 4 is 5.91 Å². The van der Waals surface area contributed by atoms with Gasteiger partial charge in [-0.05, 0) is 46.2 Å². The van der Waals surface area contributed by atoms with Gasteiger partial charge in [-0.25, -0.2) is 0 Å². The molecule has 1 heterocycles. The zero-order chi connectivity index (χ0) is 13.0. The van der Waals surface area contributed by atoms with Crippen LogP contribution in [0, 0.1) is 0 Å². The summed E-state index contributed by atoms with van der Waals surface area (Å²) >= 11 is 0. The van der Waals surface area contributed by atoms with Gasteiger partial charge in [0, 0.05) is 18.6 Å². The van der Waals surface area contributed by atoms with Crippen molar-refractivity contribution in [3.8, 4) is 0 Å². The van der Waals surface area contributed by atoms with Gasteiger partial charge in [0.15, 0.2) is 0 Å². The molecular formula is C14H27N3O. The molecule has 0 radical (unpaired) electrons. The number of amides is 1. The molecule has 0 aromatic carbocycles. The fraction of sp³-hybridized carbons (Fsp3) is 0.929. The highest BCUT2D eigenvalue weighted by Gasteiger charge is 2.29. The third-order valence-electron chi connectivity index (χ3n) is 4.27. The molecule has 2 fully saturated rings. The molecule has 2 unspecified atom stereocenters. The molecule has 2 rings (SSSR count). The van der Waals surface area contributed by atoms with Gasteiger partial charge in [0.2, 0.25) is 5.91 Å². The molecule has 0 aromatic rings. The number of likely N-dealkylation sites (N-methyl/N-ethyl adjacent to an activating group) is 1. The summed E-state index contributed by atoms with van der Waals surface area (Å²) in [5.41, 5.74) is 0. The van der Waals surface area contributed by atoms with E-state index in [0.717, 1.165) is 25.6 Å². The van der Waals surface area contributed by atoms with E-state index in [9.17, 15) is 4.79 Å². The minimum absolute atomic E-state index is 0.0333. The molecule has 2 N–H and O–H groups in total. The maximum Gasteiger partial charge on any atom is 0.237 e. The second-order valence-corrected chi connectivity index (χ2v) is 5.85. The van der Waals surface area contributed by atoms with Gasteiger partial charge in [-0.15, -0.1) is 0 Å². The number of nitrogens with one attached hydrogen (secondary N) is 2. The van der Waals surface area contributed by atoms with Crippen molar-refractivity contribution < 1.29 is 4.79 Å². The second-order valence-electron chi connectivity index (χ2n) is 5.85. The molecule has 2 aliphatic rings. The predicted octanol–water partition coefficient (Wildman–Crippen LogP) is 1.12. The fourth-order valence-corrected chi connectivity index (χ4v) is 2.61. The van der Waals surface area contributed by atoms with E-state index in [-0.39, 0.29) is 11.9 Å². The standard InChI is InChI=1S/C14H27N3O/c1-11(17(2)12-7-8-12)10-16-14(18)13-6-4-3-5-9-15-13/h11-13,15H,3-10H2,1-2H3,(H,16,18). The molecule has 104 valence electrons. The van der Waals surface area contributed by atoms with E-state index >= 15 is 0 Å². The number of hydrogen-bond donors (Lipinski definition) is 2. The fourth-order valence-electron chi connectivity index (χ4n) is 2.61. The first-order chi connectivity index (χ1) is 8.68.